The summed E-state index contributed by atoms with van der Waals surface area (Å²) in [6, 6.07) is 0. The maximum absolute atomic E-state index is 14.0. The van der Waals surface area contributed by atoms with Crippen molar-refractivity contribution in [2.45, 2.75) is 38.1 Å². The van der Waals surface area contributed by atoms with Crippen LogP contribution in [0.1, 0.15) is 32.6 Å². The average Bonchev–Trinajstić information content (AvgIpc) is 2.41. The molecular formula is C15H26FN5. The molecule has 21 heavy (non-hydrogen) atoms. The molecule has 0 spiro atoms. The first-order valence-electron chi connectivity index (χ1n) is 7.63. The van der Waals surface area contributed by atoms with Crippen molar-refractivity contribution in [3.8, 4) is 0 Å². The standard InChI is InChI=1S/C15H26FN5/c1-5-9-17-14-18-10-12(16)13(19-14)21(4)11-15(20(2)3)7-6-8-15/h10H,5-9,11H2,1-4H3,(H,17,18,19). The molecule has 1 saturated carbocycles. The van der Waals surface area contributed by atoms with E-state index in [2.05, 4.69) is 41.2 Å². The average molecular weight is 295 g/mol. The minimum atomic E-state index is -0.368. The van der Waals surface area contributed by atoms with Gasteiger partial charge in [0.1, 0.15) is 0 Å². The van der Waals surface area contributed by atoms with Gasteiger partial charge in [-0.15, -0.1) is 0 Å². The number of rotatable bonds is 7. The lowest BCUT2D eigenvalue weighted by Crippen LogP contribution is -2.57. The Kier molecular flexibility index (Phi) is 4.98. The number of hydrogen-bond acceptors (Lipinski definition) is 5. The number of nitrogens with zero attached hydrogens (tertiary/aromatic N) is 4. The van der Waals surface area contributed by atoms with Gasteiger partial charge in [0.15, 0.2) is 11.6 Å². The summed E-state index contributed by atoms with van der Waals surface area (Å²) in [6.07, 6.45) is 5.77. The number of likely N-dealkylation sites (N-methyl/N-ethyl adjacent to an activating group) is 2. The predicted octanol–water partition coefficient (Wildman–Crippen LogP) is 2.36. The van der Waals surface area contributed by atoms with Crippen LogP contribution in [0, 0.1) is 5.82 Å². The first-order valence-corrected chi connectivity index (χ1v) is 7.63. The predicted molar refractivity (Wildman–Crippen MR) is 84.3 cm³/mol. The molecule has 1 aliphatic rings. The zero-order valence-corrected chi connectivity index (χ0v) is 13.5. The summed E-state index contributed by atoms with van der Waals surface area (Å²) in [6.45, 7) is 3.64. The quantitative estimate of drug-likeness (QED) is 0.836. The van der Waals surface area contributed by atoms with Crippen molar-refractivity contribution in [2.75, 3.05) is 44.4 Å². The van der Waals surface area contributed by atoms with Gasteiger partial charge in [-0.05, 0) is 39.8 Å². The zero-order valence-electron chi connectivity index (χ0n) is 13.5. The van der Waals surface area contributed by atoms with Gasteiger partial charge in [-0.2, -0.15) is 4.98 Å². The number of anilines is 2. The van der Waals surface area contributed by atoms with Gasteiger partial charge in [0, 0.05) is 25.7 Å². The molecule has 0 bridgehead atoms. The highest BCUT2D eigenvalue weighted by atomic mass is 19.1. The highest BCUT2D eigenvalue weighted by Gasteiger charge is 2.40. The maximum Gasteiger partial charge on any atom is 0.224 e. The summed E-state index contributed by atoms with van der Waals surface area (Å²) in [5, 5.41) is 3.10. The topological polar surface area (TPSA) is 44.3 Å². The Morgan fingerprint density at radius 3 is 2.57 bits per heavy atom. The lowest BCUT2D eigenvalue weighted by atomic mass is 9.75. The summed E-state index contributed by atoms with van der Waals surface area (Å²) in [5.74, 6) is 0.497. The highest BCUT2D eigenvalue weighted by Crippen LogP contribution is 2.37. The van der Waals surface area contributed by atoms with E-state index in [0.717, 1.165) is 32.4 Å². The van der Waals surface area contributed by atoms with Gasteiger partial charge in [0.25, 0.3) is 0 Å². The molecular weight excluding hydrogens is 269 g/mol. The second-order valence-electron chi connectivity index (χ2n) is 6.12. The molecule has 0 saturated heterocycles. The molecule has 1 heterocycles. The molecule has 6 heteroatoms. The van der Waals surface area contributed by atoms with Crippen LogP contribution in [-0.2, 0) is 0 Å². The smallest absolute Gasteiger partial charge is 0.224 e. The fourth-order valence-corrected chi connectivity index (χ4v) is 2.80. The van der Waals surface area contributed by atoms with Crippen molar-refractivity contribution in [2.24, 2.45) is 0 Å². The lowest BCUT2D eigenvalue weighted by molar-refractivity contribution is 0.0680. The largest absolute Gasteiger partial charge is 0.355 e. The molecule has 0 radical (unpaired) electrons. The van der Waals surface area contributed by atoms with E-state index in [9.17, 15) is 4.39 Å². The fourth-order valence-electron chi connectivity index (χ4n) is 2.80. The second-order valence-corrected chi connectivity index (χ2v) is 6.12. The molecule has 118 valence electrons. The van der Waals surface area contributed by atoms with Crippen LogP contribution in [0.5, 0.6) is 0 Å². The van der Waals surface area contributed by atoms with Crippen LogP contribution in [0.15, 0.2) is 6.20 Å². The molecule has 0 aliphatic heterocycles. The van der Waals surface area contributed by atoms with Crippen LogP contribution in [0.3, 0.4) is 0 Å². The number of halogens is 1. The van der Waals surface area contributed by atoms with E-state index in [-0.39, 0.29) is 11.4 Å². The van der Waals surface area contributed by atoms with Crippen molar-refractivity contribution in [1.29, 1.82) is 0 Å². The first kappa shape index (κ1) is 15.9. The molecule has 2 rings (SSSR count). The van der Waals surface area contributed by atoms with Crippen molar-refractivity contribution < 1.29 is 4.39 Å². The second kappa shape index (κ2) is 6.56. The third-order valence-corrected chi connectivity index (χ3v) is 4.38. The summed E-state index contributed by atoms with van der Waals surface area (Å²) in [7, 11) is 6.09. The monoisotopic (exact) mass is 295 g/mol. The summed E-state index contributed by atoms with van der Waals surface area (Å²) in [4.78, 5) is 12.5. The van der Waals surface area contributed by atoms with Gasteiger partial charge < -0.3 is 15.1 Å². The zero-order chi connectivity index (χ0) is 15.5. The normalized spacial score (nSPS) is 16.7. The molecule has 1 aromatic heterocycles. The Labute approximate surface area is 126 Å². The van der Waals surface area contributed by atoms with E-state index in [1.165, 1.54) is 12.6 Å². The third-order valence-electron chi connectivity index (χ3n) is 4.38. The van der Waals surface area contributed by atoms with Crippen molar-refractivity contribution in [3.63, 3.8) is 0 Å². The summed E-state index contributed by atoms with van der Waals surface area (Å²) < 4.78 is 14.0. The number of nitrogens with one attached hydrogen (secondary N) is 1. The lowest BCUT2D eigenvalue weighted by Gasteiger charge is -2.49. The molecule has 1 aliphatic carbocycles. The van der Waals surface area contributed by atoms with Crippen LogP contribution in [0.4, 0.5) is 16.2 Å². The first-order chi connectivity index (χ1) is 9.98. The molecule has 5 nitrogen and oxygen atoms in total. The molecule has 0 aromatic carbocycles. The van der Waals surface area contributed by atoms with E-state index in [1.807, 2.05) is 11.9 Å². The maximum atomic E-state index is 14.0. The molecule has 1 fully saturated rings. The summed E-state index contributed by atoms with van der Waals surface area (Å²) in [5.41, 5.74) is 0.142. The molecule has 0 unspecified atom stereocenters. The van der Waals surface area contributed by atoms with Gasteiger partial charge in [-0.3, -0.25) is 0 Å². The van der Waals surface area contributed by atoms with Crippen molar-refractivity contribution in [3.05, 3.63) is 12.0 Å². The SMILES string of the molecule is CCCNc1ncc(F)c(N(C)CC2(N(C)C)CCC2)n1. The minimum absolute atomic E-state index is 0.142. The molecule has 1 aromatic rings. The van der Waals surface area contributed by atoms with Gasteiger partial charge in [0.2, 0.25) is 5.95 Å². The van der Waals surface area contributed by atoms with Crippen LogP contribution in [-0.4, -0.2) is 54.6 Å². The Morgan fingerprint density at radius 1 is 1.33 bits per heavy atom. The molecule has 0 atom stereocenters. The Balaban J connectivity index is 2.12. The van der Waals surface area contributed by atoms with Gasteiger partial charge in [-0.1, -0.05) is 6.92 Å². The Morgan fingerprint density at radius 2 is 2.05 bits per heavy atom. The van der Waals surface area contributed by atoms with Crippen molar-refractivity contribution in [1.82, 2.24) is 14.9 Å². The van der Waals surface area contributed by atoms with Gasteiger partial charge >= 0.3 is 0 Å². The van der Waals surface area contributed by atoms with Gasteiger partial charge in [-0.25, -0.2) is 9.37 Å². The van der Waals surface area contributed by atoms with E-state index in [0.29, 0.717) is 11.8 Å². The van der Waals surface area contributed by atoms with E-state index in [4.69, 9.17) is 0 Å². The van der Waals surface area contributed by atoms with E-state index in [1.54, 1.807) is 0 Å². The fraction of sp³-hybridized carbons (Fsp3) is 0.733. The Bertz CT molecular complexity index is 473. The number of hydrogen-bond donors (Lipinski definition) is 1. The third kappa shape index (κ3) is 3.43. The number of aromatic nitrogens is 2. The highest BCUT2D eigenvalue weighted by molar-refractivity contribution is 5.44. The van der Waals surface area contributed by atoms with Crippen LogP contribution >= 0.6 is 0 Å². The summed E-state index contributed by atoms with van der Waals surface area (Å²) >= 11 is 0. The molecule has 0 amide bonds. The van der Waals surface area contributed by atoms with E-state index >= 15 is 0 Å². The Hall–Kier alpha value is -1.43. The van der Waals surface area contributed by atoms with Crippen LogP contribution in [0.25, 0.3) is 0 Å². The van der Waals surface area contributed by atoms with Crippen LogP contribution in [0.2, 0.25) is 0 Å². The molecule has 1 N–H and O–H groups in total. The minimum Gasteiger partial charge on any atom is -0.355 e. The van der Waals surface area contributed by atoms with Gasteiger partial charge in [0.05, 0.1) is 6.20 Å². The van der Waals surface area contributed by atoms with Crippen LogP contribution < -0.4 is 10.2 Å². The van der Waals surface area contributed by atoms with E-state index < -0.39 is 0 Å². The van der Waals surface area contributed by atoms with Crippen molar-refractivity contribution >= 4 is 11.8 Å².